The monoisotopic (exact) mass is 264 g/mol. The molecule has 2 N–H and O–H groups in total. The van der Waals surface area contributed by atoms with Gasteiger partial charge in [0.25, 0.3) is 0 Å². The maximum absolute atomic E-state index is 11.5. The van der Waals surface area contributed by atoms with Gasteiger partial charge in [0.05, 0.1) is 22.5 Å². The Morgan fingerprint density at radius 1 is 1.47 bits per heavy atom. The maximum atomic E-state index is 11.5. The van der Waals surface area contributed by atoms with Crippen LogP contribution in [0.4, 0.5) is 0 Å². The molecule has 6 heteroatoms. The third kappa shape index (κ3) is 2.98. The quantitative estimate of drug-likeness (QED) is 0.778. The highest BCUT2D eigenvalue weighted by molar-refractivity contribution is 7.91. The van der Waals surface area contributed by atoms with Crippen molar-refractivity contribution in [3.63, 3.8) is 0 Å². The smallest absolute Gasteiger partial charge is 0.310 e. The zero-order valence-corrected chi connectivity index (χ0v) is 11.2. The molecule has 17 heavy (non-hydrogen) atoms. The molecule has 0 aromatic carbocycles. The SMILES string of the molecule is CC(C)C(C)(O)CC1(C(=O)O)CCS(=O)(=O)C1. The van der Waals surface area contributed by atoms with Crippen LogP contribution in [0.1, 0.15) is 33.6 Å². The number of sulfone groups is 1. The van der Waals surface area contributed by atoms with E-state index in [2.05, 4.69) is 0 Å². The van der Waals surface area contributed by atoms with Gasteiger partial charge >= 0.3 is 5.97 Å². The molecule has 1 saturated heterocycles. The lowest BCUT2D eigenvalue weighted by Gasteiger charge is -2.35. The Hall–Kier alpha value is -0.620. The third-order valence-electron chi connectivity index (χ3n) is 3.78. The number of hydrogen-bond acceptors (Lipinski definition) is 4. The predicted molar refractivity (Wildman–Crippen MR) is 63.4 cm³/mol. The van der Waals surface area contributed by atoms with Crippen LogP contribution in [-0.4, -0.2) is 41.7 Å². The predicted octanol–water partition coefficient (Wildman–Crippen LogP) is 0.673. The molecule has 0 saturated carbocycles. The topological polar surface area (TPSA) is 91.7 Å². The fraction of sp³-hybridized carbons (Fsp3) is 0.909. The van der Waals surface area contributed by atoms with Crippen molar-refractivity contribution in [3.8, 4) is 0 Å². The molecule has 1 rings (SSSR count). The van der Waals surface area contributed by atoms with Crippen LogP contribution in [0.15, 0.2) is 0 Å². The first-order valence-corrected chi connectivity index (χ1v) is 7.49. The first-order chi connectivity index (χ1) is 7.51. The molecule has 0 aromatic rings. The van der Waals surface area contributed by atoms with Crippen LogP contribution in [0.3, 0.4) is 0 Å². The molecule has 1 aliphatic heterocycles. The fourth-order valence-corrected chi connectivity index (χ4v) is 4.25. The molecule has 1 aliphatic rings. The van der Waals surface area contributed by atoms with Gasteiger partial charge in [0.1, 0.15) is 0 Å². The molecule has 0 aromatic heterocycles. The molecule has 1 fully saturated rings. The first-order valence-electron chi connectivity index (χ1n) is 5.67. The fourth-order valence-electron chi connectivity index (χ4n) is 2.19. The van der Waals surface area contributed by atoms with Gasteiger partial charge in [-0.2, -0.15) is 0 Å². The highest BCUT2D eigenvalue weighted by Crippen LogP contribution is 2.41. The molecule has 0 radical (unpaired) electrons. The lowest BCUT2D eigenvalue weighted by Crippen LogP contribution is -2.43. The van der Waals surface area contributed by atoms with E-state index in [1.807, 2.05) is 0 Å². The Morgan fingerprint density at radius 3 is 2.29 bits per heavy atom. The summed E-state index contributed by atoms with van der Waals surface area (Å²) in [5, 5.41) is 19.4. The molecule has 2 atom stereocenters. The van der Waals surface area contributed by atoms with E-state index >= 15 is 0 Å². The average molecular weight is 264 g/mol. The number of carboxylic acid groups (broad SMARTS) is 1. The summed E-state index contributed by atoms with van der Waals surface area (Å²) in [6.45, 7) is 5.14. The maximum Gasteiger partial charge on any atom is 0.310 e. The molecular formula is C11H20O5S. The molecule has 0 bridgehead atoms. The first kappa shape index (κ1) is 14.4. The molecular weight excluding hydrogens is 244 g/mol. The van der Waals surface area contributed by atoms with Gasteiger partial charge in [-0.1, -0.05) is 13.8 Å². The third-order valence-corrected chi connectivity index (χ3v) is 5.60. The highest BCUT2D eigenvalue weighted by Gasteiger charge is 2.52. The van der Waals surface area contributed by atoms with Crippen LogP contribution in [0.5, 0.6) is 0 Å². The molecule has 1 heterocycles. The summed E-state index contributed by atoms with van der Waals surface area (Å²) in [6, 6.07) is 0. The minimum atomic E-state index is -3.29. The van der Waals surface area contributed by atoms with Crippen molar-refractivity contribution < 1.29 is 23.4 Å². The van der Waals surface area contributed by atoms with E-state index in [1.54, 1.807) is 20.8 Å². The van der Waals surface area contributed by atoms with Gasteiger partial charge in [-0.25, -0.2) is 8.42 Å². The summed E-state index contributed by atoms with van der Waals surface area (Å²) in [6.07, 6.45) is 0.0692. The Labute approximate surface area is 102 Å². The number of rotatable bonds is 4. The largest absolute Gasteiger partial charge is 0.481 e. The number of aliphatic hydroxyl groups is 1. The molecule has 0 spiro atoms. The Morgan fingerprint density at radius 2 is 2.00 bits per heavy atom. The Kier molecular flexibility index (Phi) is 3.60. The molecule has 2 unspecified atom stereocenters. The Balaban J connectivity index is 3.01. The van der Waals surface area contributed by atoms with Gasteiger partial charge in [0.2, 0.25) is 0 Å². The van der Waals surface area contributed by atoms with E-state index in [4.69, 9.17) is 0 Å². The number of hydrogen-bond donors (Lipinski definition) is 2. The van der Waals surface area contributed by atoms with E-state index in [0.29, 0.717) is 0 Å². The zero-order chi connectivity index (χ0) is 13.5. The lowest BCUT2D eigenvalue weighted by molar-refractivity contribution is -0.152. The minimum absolute atomic E-state index is 0.0216. The standard InChI is InChI=1S/C11H20O5S/c1-8(2)10(3,14)6-11(9(12)13)4-5-17(15,16)7-11/h8,14H,4-7H2,1-3H3,(H,12,13). The van der Waals surface area contributed by atoms with Crippen molar-refractivity contribution >= 4 is 15.8 Å². The van der Waals surface area contributed by atoms with Gasteiger partial charge in [-0.05, 0) is 25.7 Å². The van der Waals surface area contributed by atoms with E-state index in [9.17, 15) is 23.4 Å². The molecule has 100 valence electrons. The van der Waals surface area contributed by atoms with Crippen molar-refractivity contribution in [1.29, 1.82) is 0 Å². The summed E-state index contributed by atoms with van der Waals surface area (Å²) in [7, 11) is -3.29. The molecule has 0 aliphatic carbocycles. The van der Waals surface area contributed by atoms with Crippen LogP contribution in [0, 0.1) is 11.3 Å². The zero-order valence-electron chi connectivity index (χ0n) is 10.4. The van der Waals surface area contributed by atoms with Crippen LogP contribution in [-0.2, 0) is 14.6 Å². The summed E-state index contributed by atoms with van der Waals surface area (Å²) < 4.78 is 22.9. The summed E-state index contributed by atoms with van der Waals surface area (Å²) in [5.41, 5.74) is -2.50. The Bertz CT molecular complexity index is 410. The second-order valence-electron chi connectivity index (χ2n) is 5.62. The van der Waals surface area contributed by atoms with E-state index in [0.717, 1.165) is 0 Å². The number of carboxylic acids is 1. The van der Waals surface area contributed by atoms with Crippen LogP contribution in [0.2, 0.25) is 0 Å². The summed E-state index contributed by atoms with van der Waals surface area (Å²) in [4.78, 5) is 11.3. The van der Waals surface area contributed by atoms with Crippen molar-refractivity contribution in [2.45, 2.75) is 39.2 Å². The van der Waals surface area contributed by atoms with Gasteiger partial charge < -0.3 is 10.2 Å². The van der Waals surface area contributed by atoms with Crippen molar-refractivity contribution in [1.82, 2.24) is 0 Å². The molecule has 0 amide bonds. The summed E-state index contributed by atoms with van der Waals surface area (Å²) >= 11 is 0. The highest BCUT2D eigenvalue weighted by atomic mass is 32.2. The number of carbonyl (C=O) groups is 1. The second kappa shape index (κ2) is 4.24. The number of aliphatic carboxylic acids is 1. The van der Waals surface area contributed by atoms with Gasteiger partial charge in [-0.15, -0.1) is 0 Å². The average Bonchev–Trinajstić information content (AvgIpc) is 2.41. The second-order valence-corrected chi connectivity index (χ2v) is 7.80. The van der Waals surface area contributed by atoms with Gasteiger partial charge in [0, 0.05) is 0 Å². The normalized spacial score (nSPS) is 31.4. The van der Waals surface area contributed by atoms with E-state index in [-0.39, 0.29) is 30.3 Å². The summed E-state index contributed by atoms with van der Waals surface area (Å²) in [5.74, 6) is -1.72. The van der Waals surface area contributed by atoms with E-state index < -0.39 is 26.8 Å². The van der Waals surface area contributed by atoms with Crippen LogP contribution in [0.25, 0.3) is 0 Å². The van der Waals surface area contributed by atoms with Gasteiger partial charge in [0.15, 0.2) is 9.84 Å². The van der Waals surface area contributed by atoms with Crippen LogP contribution < -0.4 is 0 Å². The van der Waals surface area contributed by atoms with Crippen molar-refractivity contribution in [2.24, 2.45) is 11.3 Å². The van der Waals surface area contributed by atoms with Gasteiger partial charge in [-0.3, -0.25) is 4.79 Å². The van der Waals surface area contributed by atoms with Crippen molar-refractivity contribution in [2.75, 3.05) is 11.5 Å². The van der Waals surface area contributed by atoms with Crippen molar-refractivity contribution in [3.05, 3.63) is 0 Å². The lowest BCUT2D eigenvalue weighted by atomic mass is 9.73. The van der Waals surface area contributed by atoms with E-state index in [1.165, 1.54) is 0 Å². The van der Waals surface area contributed by atoms with Crippen LogP contribution >= 0.6 is 0 Å². The minimum Gasteiger partial charge on any atom is -0.481 e. The molecule has 5 nitrogen and oxygen atoms in total.